The zero-order valence-electron chi connectivity index (χ0n) is 16.4. The van der Waals surface area contributed by atoms with Crippen LogP contribution in [0.15, 0.2) is 42.9 Å². The Morgan fingerprint density at radius 3 is 2.25 bits per heavy atom. The molecule has 5 rings (SSSR count). The van der Waals surface area contributed by atoms with Gasteiger partial charge in [-0.25, -0.2) is 19.0 Å². The van der Waals surface area contributed by atoms with Crippen LogP contribution < -0.4 is 9.80 Å². The van der Waals surface area contributed by atoms with Crippen LogP contribution in [0.25, 0.3) is 11.3 Å². The van der Waals surface area contributed by atoms with Gasteiger partial charge in [0.15, 0.2) is 11.3 Å². The number of rotatable bonds is 2. The second-order valence-corrected chi connectivity index (χ2v) is 8.26. The molecule has 8 heteroatoms. The van der Waals surface area contributed by atoms with Gasteiger partial charge >= 0.3 is 0 Å². The van der Waals surface area contributed by atoms with Crippen LogP contribution in [0, 0.1) is 0 Å². The van der Waals surface area contributed by atoms with Crippen LogP contribution >= 0.6 is 0 Å². The highest BCUT2D eigenvalue weighted by Crippen LogP contribution is 2.23. The molecule has 0 bridgehead atoms. The zero-order chi connectivity index (χ0) is 19.3. The first-order valence-electron chi connectivity index (χ1n) is 9.65. The van der Waals surface area contributed by atoms with Gasteiger partial charge in [-0.15, -0.1) is 5.10 Å². The smallest absolute Gasteiger partial charge is 0.157 e. The molecule has 28 heavy (non-hydrogen) atoms. The first-order chi connectivity index (χ1) is 13.5. The van der Waals surface area contributed by atoms with Crippen molar-refractivity contribution >= 4 is 22.9 Å². The molecule has 8 nitrogen and oxygen atoms in total. The van der Waals surface area contributed by atoms with Crippen molar-refractivity contribution < 1.29 is 0 Å². The maximum absolute atomic E-state index is 4.80. The Morgan fingerprint density at radius 1 is 0.786 bits per heavy atom. The first-order valence-corrected chi connectivity index (χ1v) is 9.65. The fourth-order valence-corrected chi connectivity index (χ4v) is 3.55. The number of anilines is 2. The van der Waals surface area contributed by atoms with E-state index in [1.54, 1.807) is 10.7 Å². The summed E-state index contributed by atoms with van der Waals surface area (Å²) in [6.45, 7) is 10.2. The van der Waals surface area contributed by atoms with E-state index < -0.39 is 0 Å². The van der Waals surface area contributed by atoms with E-state index in [-0.39, 0.29) is 5.41 Å². The highest BCUT2D eigenvalue weighted by Gasteiger charge is 2.21. The normalized spacial score (nSPS) is 15.7. The molecule has 1 fully saturated rings. The third-order valence-electron chi connectivity index (χ3n) is 5.25. The van der Waals surface area contributed by atoms with Crippen LogP contribution in [0.5, 0.6) is 0 Å². The van der Waals surface area contributed by atoms with Gasteiger partial charge in [0.25, 0.3) is 0 Å². The lowest BCUT2D eigenvalue weighted by molar-refractivity contribution is 0.572. The van der Waals surface area contributed by atoms with Gasteiger partial charge < -0.3 is 9.80 Å². The molecule has 4 aromatic rings. The Balaban J connectivity index is 1.33. The molecule has 0 aliphatic carbocycles. The molecule has 0 atom stereocenters. The van der Waals surface area contributed by atoms with E-state index in [1.165, 1.54) is 0 Å². The first kappa shape index (κ1) is 17.0. The summed E-state index contributed by atoms with van der Waals surface area (Å²) in [6.07, 6.45) is 5.78. The molecule has 1 saturated heterocycles. The molecule has 0 saturated carbocycles. The third-order valence-corrected chi connectivity index (χ3v) is 5.25. The molecule has 0 aromatic carbocycles. The molecular weight excluding hydrogens is 352 g/mol. The highest BCUT2D eigenvalue weighted by molar-refractivity contribution is 5.51. The van der Waals surface area contributed by atoms with Crippen LogP contribution in [-0.4, -0.2) is 55.4 Å². The Morgan fingerprint density at radius 2 is 1.50 bits per heavy atom. The minimum Gasteiger partial charge on any atom is -0.353 e. The average Bonchev–Trinajstić information content (AvgIpc) is 3.33. The van der Waals surface area contributed by atoms with E-state index >= 15 is 0 Å². The van der Waals surface area contributed by atoms with Crippen molar-refractivity contribution in [2.75, 3.05) is 36.0 Å². The van der Waals surface area contributed by atoms with Crippen molar-refractivity contribution in [3.05, 3.63) is 48.5 Å². The lowest BCUT2D eigenvalue weighted by Crippen LogP contribution is -2.47. The Kier molecular flexibility index (Phi) is 3.75. The van der Waals surface area contributed by atoms with Gasteiger partial charge in [-0.05, 0) is 18.2 Å². The third kappa shape index (κ3) is 2.94. The fourth-order valence-electron chi connectivity index (χ4n) is 3.55. The summed E-state index contributed by atoms with van der Waals surface area (Å²) in [5.74, 6) is 1.99. The standard InChI is InChI=1S/C20H24N8/c1-20(2,3)15-14-28-17(22-15)4-5-19(24-28)26-12-10-25(11-13-26)16-7-9-27-18(23-16)6-8-21-27/h4-9,14H,10-13H2,1-3H3. The monoisotopic (exact) mass is 376 g/mol. The van der Waals surface area contributed by atoms with Gasteiger partial charge in [0.1, 0.15) is 11.6 Å². The van der Waals surface area contributed by atoms with Gasteiger partial charge in [-0.2, -0.15) is 5.10 Å². The summed E-state index contributed by atoms with van der Waals surface area (Å²) in [7, 11) is 0. The summed E-state index contributed by atoms with van der Waals surface area (Å²) >= 11 is 0. The number of imidazole rings is 1. The van der Waals surface area contributed by atoms with Crippen molar-refractivity contribution in [3.8, 4) is 0 Å². The largest absolute Gasteiger partial charge is 0.353 e. The molecule has 0 spiro atoms. The SMILES string of the molecule is CC(C)(C)c1cn2nc(N3CCN(c4ccn5nccc5n4)CC3)ccc2n1. The average molecular weight is 376 g/mol. The maximum atomic E-state index is 4.80. The zero-order valence-corrected chi connectivity index (χ0v) is 16.4. The van der Waals surface area contributed by atoms with Crippen LogP contribution in [0.1, 0.15) is 26.5 Å². The summed E-state index contributed by atoms with van der Waals surface area (Å²) in [5.41, 5.74) is 2.85. The van der Waals surface area contributed by atoms with Crippen LogP contribution in [-0.2, 0) is 5.41 Å². The predicted molar refractivity (Wildman–Crippen MR) is 109 cm³/mol. The van der Waals surface area contributed by atoms with Crippen LogP contribution in [0.3, 0.4) is 0 Å². The number of fused-ring (bicyclic) bond motifs is 2. The van der Waals surface area contributed by atoms with Gasteiger partial charge in [0.05, 0.1) is 18.1 Å². The van der Waals surface area contributed by atoms with Gasteiger partial charge in [-0.3, -0.25) is 0 Å². The molecule has 0 amide bonds. The van der Waals surface area contributed by atoms with Crippen molar-refractivity contribution in [3.63, 3.8) is 0 Å². The summed E-state index contributed by atoms with van der Waals surface area (Å²) < 4.78 is 3.69. The molecule has 5 heterocycles. The van der Waals surface area contributed by atoms with Crippen LogP contribution in [0.4, 0.5) is 11.6 Å². The number of hydrogen-bond acceptors (Lipinski definition) is 6. The minimum absolute atomic E-state index is 0.0170. The van der Waals surface area contributed by atoms with E-state index in [0.717, 1.165) is 54.8 Å². The molecular formula is C20H24N8. The van der Waals surface area contributed by atoms with E-state index in [1.807, 2.05) is 29.0 Å². The maximum Gasteiger partial charge on any atom is 0.157 e. The van der Waals surface area contributed by atoms with Gasteiger partial charge in [-0.1, -0.05) is 20.8 Å². The summed E-state index contributed by atoms with van der Waals surface area (Å²) in [6, 6.07) is 8.08. The summed E-state index contributed by atoms with van der Waals surface area (Å²) in [5, 5.41) is 9.01. The quantitative estimate of drug-likeness (QED) is 0.535. The van der Waals surface area contributed by atoms with Crippen molar-refractivity contribution in [2.24, 2.45) is 0 Å². The van der Waals surface area contributed by atoms with Crippen molar-refractivity contribution in [1.82, 2.24) is 29.2 Å². The van der Waals surface area contributed by atoms with Gasteiger partial charge in [0.2, 0.25) is 0 Å². The Hall–Kier alpha value is -3.16. The van der Waals surface area contributed by atoms with E-state index in [4.69, 9.17) is 15.1 Å². The van der Waals surface area contributed by atoms with E-state index in [0.29, 0.717) is 0 Å². The molecule has 4 aromatic heterocycles. The van der Waals surface area contributed by atoms with E-state index in [2.05, 4.69) is 47.8 Å². The molecule has 144 valence electrons. The Labute approximate surface area is 163 Å². The lowest BCUT2D eigenvalue weighted by Gasteiger charge is -2.35. The van der Waals surface area contributed by atoms with E-state index in [9.17, 15) is 0 Å². The minimum atomic E-state index is 0.0170. The molecule has 1 aliphatic rings. The second kappa shape index (κ2) is 6.19. The van der Waals surface area contributed by atoms with Crippen LogP contribution in [0.2, 0.25) is 0 Å². The number of hydrogen-bond donors (Lipinski definition) is 0. The second-order valence-electron chi connectivity index (χ2n) is 8.26. The fraction of sp³-hybridized carbons (Fsp3) is 0.400. The van der Waals surface area contributed by atoms with Crippen molar-refractivity contribution in [2.45, 2.75) is 26.2 Å². The number of nitrogens with zero attached hydrogens (tertiary/aromatic N) is 8. The highest BCUT2D eigenvalue weighted by atomic mass is 15.4. The predicted octanol–water partition coefficient (Wildman–Crippen LogP) is 2.40. The van der Waals surface area contributed by atoms with Crippen molar-refractivity contribution in [1.29, 1.82) is 0 Å². The summed E-state index contributed by atoms with van der Waals surface area (Å²) in [4.78, 5) is 14.0. The molecule has 0 N–H and O–H groups in total. The lowest BCUT2D eigenvalue weighted by atomic mass is 9.93. The molecule has 1 aliphatic heterocycles. The molecule has 0 unspecified atom stereocenters. The Bertz CT molecular complexity index is 1130. The molecule has 0 radical (unpaired) electrons. The number of aromatic nitrogens is 6. The van der Waals surface area contributed by atoms with Gasteiger partial charge in [0, 0.05) is 43.9 Å². The topological polar surface area (TPSA) is 66.9 Å². The number of piperazine rings is 1.